The summed E-state index contributed by atoms with van der Waals surface area (Å²) in [4.78, 5) is 24.4. The largest absolute Gasteiger partial charge is 0.457 e. The molecule has 3 unspecified atom stereocenters. The molecule has 3 heterocycles. The number of benzene rings is 2. The second-order valence-electron chi connectivity index (χ2n) is 9.42. The lowest BCUT2D eigenvalue weighted by molar-refractivity contribution is -0.126. The molecule has 2 aliphatic rings. The fourth-order valence-electron chi connectivity index (χ4n) is 5.83. The first-order valence-corrected chi connectivity index (χ1v) is 12.3. The number of carbonyl (C=O) groups excluding carboxylic acids is 1. The summed E-state index contributed by atoms with van der Waals surface area (Å²) in [7, 11) is 0. The lowest BCUT2D eigenvalue weighted by Gasteiger charge is -2.25. The van der Waals surface area contributed by atoms with E-state index in [0.717, 1.165) is 53.5 Å². The number of fused-ring (bicyclic) bond motifs is 2. The Labute approximate surface area is 209 Å². The highest BCUT2D eigenvalue weighted by atomic mass is 16.5. The second kappa shape index (κ2) is 9.04. The number of nitrogen functional groups attached to an aromatic ring is 1. The van der Waals surface area contributed by atoms with Crippen LogP contribution in [-0.4, -0.2) is 31.7 Å². The number of nitrogens with two attached hydrogens (primary N) is 1. The van der Waals surface area contributed by atoms with Crippen LogP contribution >= 0.6 is 0 Å². The van der Waals surface area contributed by atoms with Crippen LogP contribution in [0.5, 0.6) is 11.5 Å². The number of imidazole rings is 1. The van der Waals surface area contributed by atoms with E-state index < -0.39 is 0 Å². The van der Waals surface area contributed by atoms with E-state index in [9.17, 15) is 4.79 Å². The summed E-state index contributed by atoms with van der Waals surface area (Å²) in [5, 5.41) is 0. The molecule has 1 saturated carbocycles. The Kier molecular flexibility index (Phi) is 5.57. The normalized spacial score (nSPS) is 20.7. The van der Waals surface area contributed by atoms with Gasteiger partial charge in [-0.05, 0) is 73.9 Å². The van der Waals surface area contributed by atoms with Crippen LogP contribution in [0.25, 0.3) is 16.8 Å². The van der Waals surface area contributed by atoms with Crippen LogP contribution in [0.1, 0.15) is 38.1 Å². The van der Waals surface area contributed by atoms with Gasteiger partial charge in [-0.25, -0.2) is 9.97 Å². The fourth-order valence-corrected chi connectivity index (χ4v) is 5.83. The smallest absolute Gasteiger partial charge is 0.299 e. The fraction of sp³-hybridized carbons (Fsp3) is 0.276. The summed E-state index contributed by atoms with van der Waals surface area (Å²) >= 11 is 0. The minimum atomic E-state index is -0.144. The van der Waals surface area contributed by atoms with Gasteiger partial charge in [0.2, 0.25) is 0 Å². The number of para-hydroxylation sites is 1. The van der Waals surface area contributed by atoms with E-state index in [1.807, 2.05) is 70.1 Å². The van der Waals surface area contributed by atoms with Crippen molar-refractivity contribution in [3.05, 3.63) is 72.8 Å². The standard InChI is InChI=1S/C29H27N5O2/c1-2-7-24(35)34-18-20-8-6-11-23(20)26(34)29-32-25(27-28(30)31-16-17-33(27)29)19-12-14-22(15-13-19)36-21-9-4-3-5-10-21/h3-5,9-10,12-17,20,23,26H,6,8,11,18H2,1H3,(H2,30,31). The summed E-state index contributed by atoms with van der Waals surface area (Å²) in [6, 6.07) is 17.3. The number of hydrogen-bond donors (Lipinski definition) is 1. The Bertz CT molecular complexity index is 1480. The zero-order chi connectivity index (χ0) is 24.6. The predicted molar refractivity (Wildman–Crippen MR) is 138 cm³/mol. The van der Waals surface area contributed by atoms with Crippen molar-refractivity contribution < 1.29 is 9.53 Å². The van der Waals surface area contributed by atoms with Gasteiger partial charge in [-0.3, -0.25) is 9.20 Å². The molecule has 7 nitrogen and oxygen atoms in total. The maximum Gasteiger partial charge on any atom is 0.299 e. The van der Waals surface area contributed by atoms with Crippen molar-refractivity contribution in [3.63, 3.8) is 0 Å². The highest BCUT2D eigenvalue weighted by Crippen LogP contribution is 2.50. The maximum atomic E-state index is 13.0. The number of ether oxygens (including phenoxy) is 1. The van der Waals surface area contributed by atoms with Crippen molar-refractivity contribution >= 4 is 17.2 Å². The first-order chi connectivity index (χ1) is 17.6. The molecule has 1 amide bonds. The Morgan fingerprint density at radius 1 is 1.08 bits per heavy atom. The molecule has 1 saturated heterocycles. The van der Waals surface area contributed by atoms with Crippen LogP contribution in [-0.2, 0) is 4.79 Å². The third kappa shape index (κ3) is 3.75. The van der Waals surface area contributed by atoms with E-state index >= 15 is 0 Å². The van der Waals surface area contributed by atoms with Gasteiger partial charge < -0.3 is 15.4 Å². The van der Waals surface area contributed by atoms with Crippen molar-refractivity contribution in [2.45, 2.75) is 32.2 Å². The van der Waals surface area contributed by atoms with Crippen molar-refractivity contribution in [1.82, 2.24) is 19.3 Å². The molecule has 0 radical (unpaired) electrons. The molecule has 3 atom stereocenters. The Morgan fingerprint density at radius 3 is 2.64 bits per heavy atom. The van der Waals surface area contributed by atoms with Crippen molar-refractivity contribution in [2.24, 2.45) is 11.8 Å². The molecule has 7 heteroatoms. The second-order valence-corrected chi connectivity index (χ2v) is 9.42. The zero-order valence-corrected chi connectivity index (χ0v) is 20.1. The van der Waals surface area contributed by atoms with Crippen LogP contribution in [0.3, 0.4) is 0 Å². The number of aromatic nitrogens is 3. The Balaban J connectivity index is 1.43. The number of hydrogen-bond acceptors (Lipinski definition) is 5. The minimum Gasteiger partial charge on any atom is -0.457 e. The van der Waals surface area contributed by atoms with Crippen LogP contribution in [0.4, 0.5) is 5.82 Å². The zero-order valence-electron chi connectivity index (χ0n) is 20.1. The third-order valence-electron chi connectivity index (χ3n) is 7.36. The maximum absolute atomic E-state index is 13.0. The van der Waals surface area contributed by atoms with Gasteiger partial charge in [0.25, 0.3) is 5.91 Å². The van der Waals surface area contributed by atoms with Crippen LogP contribution in [0.15, 0.2) is 67.0 Å². The molecule has 2 fully saturated rings. The van der Waals surface area contributed by atoms with Gasteiger partial charge in [0, 0.05) is 24.5 Å². The summed E-state index contributed by atoms with van der Waals surface area (Å²) < 4.78 is 7.97. The number of likely N-dealkylation sites (tertiary alicyclic amines) is 1. The third-order valence-corrected chi connectivity index (χ3v) is 7.36. The summed E-state index contributed by atoms with van der Waals surface area (Å²) in [6.45, 7) is 2.42. The monoisotopic (exact) mass is 477 g/mol. The van der Waals surface area contributed by atoms with Crippen molar-refractivity contribution in [3.8, 4) is 34.6 Å². The Morgan fingerprint density at radius 2 is 1.86 bits per heavy atom. The highest BCUT2D eigenvalue weighted by molar-refractivity contribution is 5.94. The number of nitrogens with zero attached hydrogens (tertiary/aromatic N) is 4. The minimum absolute atomic E-state index is 0.139. The predicted octanol–water partition coefficient (Wildman–Crippen LogP) is 5.09. The molecule has 2 N–H and O–H groups in total. The first-order valence-electron chi connectivity index (χ1n) is 12.3. The van der Waals surface area contributed by atoms with Gasteiger partial charge in [-0.1, -0.05) is 30.5 Å². The molecule has 0 spiro atoms. The SMILES string of the molecule is CC#CC(=O)N1CC2CCCC2C1c1nc(-c2ccc(Oc3ccccc3)cc2)c2c(N)nccn12. The highest BCUT2D eigenvalue weighted by Gasteiger charge is 2.48. The summed E-state index contributed by atoms with van der Waals surface area (Å²) in [6.07, 6.45) is 6.96. The molecule has 2 aromatic heterocycles. The van der Waals surface area contributed by atoms with Crippen molar-refractivity contribution in [1.29, 1.82) is 0 Å². The molecular weight excluding hydrogens is 450 g/mol. The average Bonchev–Trinajstić information content (AvgIpc) is 3.59. The molecule has 6 rings (SSSR count). The van der Waals surface area contributed by atoms with E-state index in [4.69, 9.17) is 15.5 Å². The van der Waals surface area contributed by atoms with Gasteiger partial charge in [0.1, 0.15) is 34.4 Å². The van der Waals surface area contributed by atoms with Gasteiger partial charge in [0.05, 0.1) is 6.04 Å². The van der Waals surface area contributed by atoms with E-state index in [1.165, 1.54) is 6.42 Å². The Hall–Kier alpha value is -4.31. The van der Waals surface area contributed by atoms with E-state index in [-0.39, 0.29) is 11.9 Å². The number of amides is 1. The molecular formula is C29H27N5O2. The molecule has 0 bridgehead atoms. The van der Waals surface area contributed by atoms with Gasteiger partial charge >= 0.3 is 0 Å². The van der Waals surface area contributed by atoms with Gasteiger partial charge in [-0.2, -0.15) is 0 Å². The topological polar surface area (TPSA) is 85.8 Å². The van der Waals surface area contributed by atoms with E-state index in [2.05, 4.69) is 16.8 Å². The molecule has 36 heavy (non-hydrogen) atoms. The number of carbonyl (C=O) groups is 1. The van der Waals surface area contributed by atoms with Crippen LogP contribution < -0.4 is 10.5 Å². The summed E-state index contributed by atoms with van der Waals surface area (Å²) in [5.74, 6) is 8.96. The van der Waals surface area contributed by atoms with E-state index in [0.29, 0.717) is 17.7 Å². The molecule has 1 aliphatic heterocycles. The van der Waals surface area contributed by atoms with Crippen LogP contribution in [0, 0.1) is 23.7 Å². The van der Waals surface area contributed by atoms with Crippen LogP contribution in [0.2, 0.25) is 0 Å². The first kappa shape index (κ1) is 22.2. The van der Waals surface area contributed by atoms with Crippen molar-refractivity contribution in [2.75, 3.05) is 12.3 Å². The molecule has 2 aromatic carbocycles. The van der Waals surface area contributed by atoms with Gasteiger partial charge in [-0.15, -0.1) is 0 Å². The average molecular weight is 478 g/mol. The van der Waals surface area contributed by atoms with Gasteiger partial charge in [0.15, 0.2) is 0 Å². The lowest BCUT2D eigenvalue weighted by atomic mass is 9.93. The molecule has 4 aromatic rings. The molecule has 1 aliphatic carbocycles. The van der Waals surface area contributed by atoms with E-state index in [1.54, 1.807) is 13.1 Å². The lowest BCUT2D eigenvalue weighted by Crippen LogP contribution is -2.32. The number of anilines is 1. The molecule has 180 valence electrons. The summed E-state index contributed by atoms with van der Waals surface area (Å²) in [5.41, 5.74) is 8.79. The number of rotatable bonds is 4. The quantitative estimate of drug-likeness (QED) is 0.414.